The van der Waals surface area contributed by atoms with Gasteiger partial charge in [0.05, 0.1) is 12.1 Å². The number of aryl methyl sites for hydroxylation is 1. The topological polar surface area (TPSA) is 54.6 Å². The number of benzene rings is 1. The minimum atomic E-state index is -0.799. The van der Waals surface area contributed by atoms with E-state index in [0.717, 1.165) is 22.5 Å². The number of hydrogen-bond acceptors (Lipinski definition) is 2. The smallest absolute Gasteiger partial charge is 0.303 e. The number of aromatic nitrogens is 2. The Morgan fingerprint density at radius 3 is 2.60 bits per heavy atom. The van der Waals surface area contributed by atoms with Crippen molar-refractivity contribution in [1.29, 1.82) is 0 Å². The minimum absolute atomic E-state index is 0.107. The summed E-state index contributed by atoms with van der Waals surface area (Å²) in [4.78, 5) is 15.0. The van der Waals surface area contributed by atoms with Crippen molar-refractivity contribution in [3.8, 4) is 11.1 Å². The van der Waals surface area contributed by atoms with Crippen LogP contribution < -0.4 is 0 Å². The number of carboxylic acid groups (broad SMARTS) is 1. The van der Waals surface area contributed by atoms with E-state index < -0.39 is 5.97 Å². The van der Waals surface area contributed by atoms with Gasteiger partial charge >= 0.3 is 5.97 Å². The molecule has 2 aromatic heterocycles. The Kier molecular flexibility index (Phi) is 3.21. The van der Waals surface area contributed by atoms with Crippen LogP contribution in [0.1, 0.15) is 12.1 Å². The molecule has 0 bridgehead atoms. The van der Waals surface area contributed by atoms with E-state index in [-0.39, 0.29) is 6.42 Å². The summed E-state index contributed by atoms with van der Waals surface area (Å²) in [7, 11) is 0. The van der Waals surface area contributed by atoms with E-state index in [1.807, 2.05) is 47.1 Å². The average molecular weight is 266 g/mol. The van der Waals surface area contributed by atoms with Gasteiger partial charge in [0.25, 0.3) is 0 Å². The van der Waals surface area contributed by atoms with Gasteiger partial charge in [0.2, 0.25) is 0 Å². The molecule has 0 saturated heterocycles. The summed E-state index contributed by atoms with van der Waals surface area (Å²) in [5.74, 6) is -0.799. The molecule has 4 heteroatoms. The Morgan fingerprint density at radius 1 is 1.05 bits per heavy atom. The molecule has 0 unspecified atom stereocenters. The molecule has 2 heterocycles. The van der Waals surface area contributed by atoms with Crippen molar-refractivity contribution in [3.05, 3.63) is 60.6 Å². The molecule has 0 atom stereocenters. The van der Waals surface area contributed by atoms with Gasteiger partial charge in [-0.1, -0.05) is 30.3 Å². The molecule has 0 aliphatic rings. The van der Waals surface area contributed by atoms with Crippen LogP contribution in [0, 0.1) is 0 Å². The third-order valence-electron chi connectivity index (χ3n) is 3.20. The summed E-state index contributed by atoms with van der Waals surface area (Å²) >= 11 is 0. The summed E-state index contributed by atoms with van der Waals surface area (Å²) < 4.78 is 1.94. The molecule has 4 nitrogen and oxygen atoms in total. The highest BCUT2D eigenvalue weighted by atomic mass is 16.4. The second kappa shape index (κ2) is 5.17. The van der Waals surface area contributed by atoms with Gasteiger partial charge in [0, 0.05) is 18.8 Å². The second-order valence-corrected chi connectivity index (χ2v) is 4.68. The van der Waals surface area contributed by atoms with Crippen LogP contribution >= 0.6 is 0 Å². The van der Waals surface area contributed by atoms with Crippen LogP contribution in [0.5, 0.6) is 0 Å². The van der Waals surface area contributed by atoms with Gasteiger partial charge in [0.1, 0.15) is 5.65 Å². The molecule has 20 heavy (non-hydrogen) atoms. The predicted molar refractivity (Wildman–Crippen MR) is 76.6 cm³/mol. The van der Waals surface area contributed by atoms with Crippen molar-refractivity contribution in [3.63, 3.8) is 0 Å². The lowest BCUT2D eigenvalue weighted by Crippen LogP contribution is -1.97. The first-order valence-electron chi connectivity index (χ1n) is 6.47. The maximum Gasteiger partial charge on any atom is 0.303 e. The Bertz CT molecular complexity index is 748. The zero-order valence-electron chi connectivity index (χ0n) is 10.9. The lowest BCUT2D eigenvalue weighted by Gasteiger charge is -2.01. The van der Waals surface area contributed by atoms with E-state index in [0.29, 0.717) is 6.42 Å². The number of carbonyl (C=O) groups is 1. The Hall–Kier alpha value is -2.62. The Morgan fingerprint density at radius 2 is 1.85 bits per heavy atom. The number of rotatable bonds is 4. The average Bonchev–Trinajstić information content (AvgIpc) is 2.88. The molecule has 0 aliphatic heterocycles. The summed E-state index contributed by atoms with van der Waals surface area (Å²) in [6.07, 6.45) is 4.47. The van der Waals surface area contributed by atoms with E-state index in [1.54, 1.807) is 0 Å². The lowest BCUT2D eigenvalue weighted by molar-refractivity contribution is -0.136. The summed E-state index contributed by atoms with van der Waals surface area (Å²) in [6.45, 7) is 0. The number of hydrogen-bond donors (Lipinski definition) is 1. The highest BCUT2D eigenvalue weighted by molar-refractivity contribution is 5.67. The van der Waals surface area contributed by atoms with Crippen LogP contribution in [0.25, 0.3) is 16.8 Å². The maximum absolute atomic E-state index is 10.6. The molecule has 0 spiro atoms. The highest BCUT2D eigenvalue weighted by Crippen LogP contribution is 2.20. The standard InChI is InChI=1S/C16H14N2O2/c19-16(20)9-7-14-11-18-10-13(6-8-15(18)17-14)12-4-2-1-3-5-12/h1-6,8,10-11H,7,9H2,(H,19,20). The Labute approximate surface area is 116 Å². The molecular formula is C16H14N2O2. The molecule has 0 amide bonds. The monoisotopic (exact) mass is 266 g/mol. The molecule has 100 valence electrons. The van der Waals surface area contributed by atoms with E-state index in [4.69, 9.17) is 5.11 Å². The molecular weight excluding hydrogens is 252 g/mol. The van der Waals surface area contributed by atoms with Crippen molar-refractivity contribution in [1.82, 2.24) is 9.38 Å². The summed E-state index contributed by atoms with van der Waals surface area (Å²) in [5, 5.41) is 8.71. The van der Waals surface area contributed by atoms with Crippen LogP contribution in [0.3, 0.4) is 0 Å². The van der Waals surface area contributed by atoms with Crippen molar-refractivity contribution in [2.75, 3.05) is 0 Å². The quantitative estimate of drug-likeness (QED) is 0.789. The first-order valence-corrected chi connectivity index (χ1v) is 6.47. The lowest BCUT2D eigenvalue weighted by atomic mass is 10.1. The van der Waals surface area contributed by atoms with E-state index in [1.165, 1.54) is 0 Å². The molecule has 3 rings (SSSR count). The van der Waals surface area contributed by atoms with Crippen molar-refractivity contribution in [2.45, 2.75) is 12.8 Å². The summed E-state index contributed by atoms with van der Waals surface area (Å²) in [5.41, 5.74) is 3.90. The first kappa shape index (κ1) is 12.4. The van der Waals surface area contributed by atoms with Crippen molar-refractivity contribution in [2.24, 2.45) is 0 Å². The Balaban J connectivity index is 1.93. The molecule has 3 aromatic rings. The number of fused-ring (bicyclic) bond motifs is 1. The van der Waals surface area contributed by atoms with Crippen LogP contribution in [-0.4, -0.2) is 20.5 Å². The number of pyridine rings is 1. The number of carboxylic acids is 1. The van der Waals surface area contributed by atoms with Crippen LogP contribution in [0.4, 0.5) is 0 Å². The molecule has 0 saturated carbocycles. The van der Waals surface area contributed by atoms with Crippen molar-refractivity contribution < 1.29 is 9.90 Å². The van der Waals surface area contributed by atoms with Gasteiger partial charge in [-0.3, -0.25) is 4.79 Å². The predicted octanol–water partition coefficient (Wildman–Crippen LogP) is 3.02. The van der Waals surface area contributed by atoms with Gasteiger partial charge < -0.3 is 9.51 Å². The van der Waals surface area contributed by atoms with Gasteiger partial charge in [0.15, 0.2) is 0 Å². The van der Waals surface area contributed by atoms with Crippen LogP contribution in [0.2, 0.25) is 0 Å². The zero-order valence-corrected chi connectivity index (χ0v) is 10.9. The molecule has 0 aliphatic carbocycles. The number of imidazole rings is 1. The number of nitrogens with zero attached hydrogens (tertiary/aromatic N) is 2. The fourth-order valence-electron chi connectivity index (χ4n) is 2.20. The normalized spacial score (nSPS) is 10.8. The van der Waals surface area contributed by atoms with Crippen molar-refractivity contribution >= 4 is 11.6 Å². The third-order valence-corrected chi connectivity index (χ3v) is 3.20. The van der Waals surface area contributed by atoms with E-state index in [9.17, 15) is 4.79 Å². The second-order valence-electron chi connectivity index (χ2n) is 4.68. The van der Waals surface area contributed by atoms with Crippen LogP contribution in [0.15, 0.2) is 54.9 Å². The number of aliphatic carboxylic acids is 1. The fraction of sp³-hybridized carbons (Fsp3) is 0.125. The SMILES string of the molecule is O=C(O)CCc1cn2cc(-c3ccccc3)ccc2n1. The van der Waals surface area contributed by atoms with Gasteiger partial charge in [-0.2, -0.15) is 0 Å². The first-order chi connectivity index (χ1) is 9.72. The maximum atomic E-state index is 10.6. The summed E-state index contributed by atoms with van der Waals surface area (Å²) in [6, 6.07) is 14.1. The minimum Gasteiger partial charge on any atom is -0.481 e. The van der Waals surface area contributed by atoms with E-state index in [2.05, 4.69) is 17.1 Å². The zero-order chi connectivity index (χ0) is 13.9. The fourth-order valence-corrected chi connectivity index (χ4v) is 2.20. The molecule has 0 fully saturated rings. The third kappa shape index (κ3) is 2.54. The van der Waals surface area contributed by atoms with Gasteiger partial charge in [-0.15, -0.1) is 0 Å². The molecule has 0 radical (unpaired) electrons. The van der Waals surface area contributed by atoms with E-state index >= 15 is 0 Å². The molecule has 1 N–H and O–H groups in total. The largest absolute Gasteiger partial charge is 0.481 e. The molecule has 1 aromatic carbocycles. The van der Waals surface area contributed by atoms with Gasteiger partial charge in [-0.05, 0) is 23.3 Å². The van der Waals surface area contributed by atoms with Gasteiger partial charge in [-0.25, -0.2) is 4.98 Å². The van der Waals surface area contributed by atoms with Crippen LogP contribution in [-0.2, 0) is 11.2 Å². The highest BCUT2D eigenvalue weighted by Gasteiger charge is 2.05.